The number of carbonyl (C=O) groups is 2. The van der Waals surface area contributed by atoms with Crippen molar-refractivity contribution in [3.05, 3.63) is 58.1 Å². The molecule has 2 rings (SSSR count). The fourth-order valence-corrected chi connectivity index (χ4v) is 3.81. The Labute approximate surface area is 160 Å². The Kier molecular flexibility index (Phi) is 7.08. The lowest BCUT2D eigenvalue weighted by Gasteiger charge is -2.14. The first-order valence-electron chi connectivity index (χ1n) is 7.93. The molecule has 4 nitrogen and oxygen atoms in total. The van der Waals surface area contributed by atoms with Gasteiger partial charge in [-0.15, -0.1) is 11.8 Å². The standard InChI is InChI=1S/C19H21BrN2O2S/c1-12-6-4-7-13(2)18(12)22-17(23)11-21-19(24)14(3)25-16-9-5-8-15(20)10-16/h4-10,14H,11H2,1-3H3,(H,21,24)(H,22,23). The molecule has 0 heterocycles. The third-order valence-electron chi connectivity index (χ3n) is 3.65. The summed E-state index contributed by atoms with van der Waals surface area (Å²) in [6.07, 6.45) is 0. The van der Waals surface area contributed by atoms with Crippen LogP contribution in [0.5, 0.6) is 0 Å². The molecular weight excluding hydrogens is 400 g/mol. The van der Waals surface area contributed by atoms with E-state index in [9.17, 15) is 9.59 Å². The van der Waals surface area contributed by atoms with Crippen molar-refractivity contribution >= 4 is 45.2 Å². The minimum Gasteiger partial charge on any atom is -0.346 e. The highest BCUT2D eigenvalue weighted by Gasteiger charge is 2.16. The minimum atomic E-state index is -0.290. The van der Waals surface area contributed by atoms with Gasteiger partial charge in [-0.25, -0.2) is 0 Å². The molecular formula is C19H21BrN2O2S. The Morgan fingerprint density at radius 3 is 2.40 bits per heavy atom. The first-order chi connectivity index (χ1) is 11.9. The first-order valence-corrected chi connectivity index (χ1v) is 9.60. The quantitative estimate of drug-likeness (QED) is 0.684. The highest BCUT2D eigenvalue weighted by Crippen LogP contribution is 2.26. The average Bonchev–Trinajstić information content (AvgIpc) is 2.56. The Morgan fingerprint density at radius 1 is 1.12 bits per heavy atom. The van der Waals surface area contributed by atoms with Gasteiger partial charge < -0.3 is 10.6 Å². The topological polar surface area (TPSA) is 58.2 Å². The molecule has 0 saturated carbocycles. The Balaban J connectivity index is 1.85. The summed E-state index contributed by atoms with van der Waals surface area (Å²) in [7, 11) is 0. The number of amides is 2. The molecule has 0 aliphatic heterocycles. The summed E-state index contributed by atoms with van der Waals surface area (Å²) in [5.74, 6) is -0.396. The van der Waals surface area contributed by atoms with Gasteiger partial charge in [-0.2, -0.15) is 0 Å². The van der Waals surface area contributed by atoms with E-state index in [-0.39, 0.29) is 23.6 Å². The maximum Gasteiger partial charge on any atom is 0.243 e. The van der Waals surface area contributed by atoms with Crippen LogP contribution in [0.15, 0.2) is 51.8 Å². The van der Waals surface area contributed by atoms with Crippen LogP contribution >= 0.6 is 27.7 Å². The van der Waals surface area contributed by atoms with Crippen LogP contribution in [0.4, 0.5) is 5.69 Å². The third kappa shape index (κ3) is 5.90. The van der Waals surface area contributed by atoms with Gasteiger partial charge in [0.05, 0.1) is 11.8 Å². The highest BCUT2D eigenvalue weighted by atomic mass is 79.9. The molecule has 2 amide bonds. The van der Waals surface area contributed by atoms with Crippen LogP contribution in [-0.2, 0) is 9.59 Å². The van der Waals surface area contributed by atoms with Crippen molar-refractivity contribution in [3.8, 4) is 0 Å². The minimum absolute atomic E-state index is 0.0456. The van der Waals surface area contributed by atoms with Gasteiger partial charge in [-0.3, -0.25) is 9.59 Å². The number of nitrogens with one attached hydrogen (secondary N) is 2. The number of anilines is 1. The van der Waals surface area contributed by atoms with E-state index in [1.165, 1.54) is 11.8 Å². The molecule has 132 valence electrons. The van der Waals surface area contributed by atoms with Gasteiger partial charge in [-0.05, 0) is 50.1 Å². The zero-order chi connectivity index (χ0) is 18.4. The Hall–Kier alpha value is -1.79. The Bertz CT molecular complexity index is 760. The number of thioether (sulfide) groups is 1. The molecule has 2 N–H and O–H groups in total. The molecule has 0 spiro atoms. The van der Waals surface area contributed by atoms with Gasteiger partial charge in [0.25, 0.3) is 0 Å². The molecule has 0 bridgehead atoms. The second-order valence-corrected chi connectivity index (χ2v) is 8.08. The van der Waals surface area contributed by atoms with E-state index in [1.807, 2.05) is 63.2 Å². The highest BCUT2D eigenvalue weighted by molar-refractivity contribution is 9.10. The van der Waals surface area contributed by atoms with Gasteiger partial charge in [0.1, 0.15) is 0 Å². The van der Waals surface area contributed by atoms with Crippen LogP contribution in [0.2, 0.25) is 0 Å². The van der Waals surface area contributed by atoms with Gasteiger partial charge in [0.2, 0.25) is 11.8 Å². The van der Waals surface area contributed by atoms with Gasteiger partial charge >= 0.3 is 0 Å². The molecule has 0 aliphatic rings. The Morgan fingerprint density at radius 2 is 1.76 bits per heavy atom. The molecule has 2 aromatic rings. The lowest BCUT2D eigenvalue weighted by atomic mass is 10.1. The smallest absolute Gasteiger partial charge is 0.243 e. The largest absolute Gasteiger partial charge is 0.346 e. The number of benzene rings is 2. The summed E-state index contributed by atoms with van der Waals surface area (Å²) in [5.41, 5.74) is 2.80. The van der Waals surface area contributed by atoms with Gasteiger partial charge in [0.15, 0.2) is 0 Å². The van der Waals surface area contributed by atoms with Crippen LogP contribution in [-0.4, -0.2) is 23.6 Å². The van der Waals surface area contributed by atoms with Crippen LogP contribution in [0, 0.1) is 13.8 Å². The second-order valence-electron chi connectivity index (χ2n) is 5.75. The van der Waals surface area contributed by atoms with Gasteiger partial charge in [-0.1, -0.05) is 40.2 Å². The first kappa shape index (κ1) is 19.5. The monoisotopic (exact) mass is 420 g/mol. The lowest BCUT2D eigenvalue weighted by Crippen LogP contribution is -2.37. The summed E-state index contributed by atoms with van der Waals surface area (Å²) in [5, 5.41) is 5.27. The van der Waals surface area contributed by atoms with Crippen molar-refractivity contribution in [2.75, 3.05) is 11.9 Å². The molecule has 0 aromatic heterocycles. The van der Waals surface area contributed by atoms with Crippen LogP contribution in [0.3, 0.4) is 0 Å². The van der Waals surface area contributed by atoms with E-state index in [0.29, 0.717) is 0 Å². The molecule has 2 aromatic carbocycles. The van der Waals surface area contributed by atoms with Crippen LogP contribution in [0.1, 0.15) is 18.1 Å². The van der Waals surface area contributed by atoms with E-state index >= 15 is 0 Å². The fraction of sp³-hybridized carbons (Fsp3) is 0.263. The summed E-state index contributed by atoms with van der Waals surface area (Å²) < 4.78 is 0.970. The second kappa shape index (κ2) is 9.06. The van der Waals surface area contributed by atoms with Crippen molar-refractivity contribution in [1.29, 1.82) is 0 Å². The molecule has 0 fully saturated rings. The number of carbonyl (C=O) groups excluding carboxylic acids is 2. The normalized spacial score (nSPS) is 11.7. The van der Waals surface area contributed by atoms with Gasteiger partial charge in [0, 0.05) is 15.1 Å². The SMILES string of the molecule is Cc1cccc(C)c1NC(=O)CNC(=O)C(C)Sc1cccc(Br)c1. The maximum absolute atomic E-state index is 12.2. The van der Waals surface area contributed by atoms with E-state index in [1.54, 1.807) is 0 Å². The van der Waals surface area contributed by atoms with Crippen molar-refractivity contribution in [2.24, 2.45) is 0 Å². The number of hydrogen-bond donors (Lipinski definition) is 2. The predicted molar refractivity (Wildman–Crippen MR) is 107 cm³/mol. The number of aryl methyl sites for hydroxylation is 2. The van der Waals surface area contributed by atoms with Crippen molar-refractivity contribution < 1.29 is 9.59 Å². The zero-order valence-electron chi connectivity index (χ0n) is 14.4. The zero-order valence-corrected chi connectivity index (χ0v) is 16.8. The summed E-state index contributed by atoms with van der Waals surface area (Å²) in [6, 6.07) is 13.6. The number of para-hydroxylation sites is 1. The molecule has 25 heavy (non-hydrogen) atoms. The number of halogens is 1. The molecule has 0 saturated heterocycles. The van der Waals surface area contributed by atoms with E-state index in [4.69, 9.17) is 0 Å². The summed E-state index contributed by atoms with van der Waals surface area (Å²) >= 11 is 4.87. The van der Waals surface area contributed by atoms with Crippen LogP contribution < -0.4 is 10.6 Å². The van der Waals surface area contributed by atoms with Crippen molar-refractivity contribution in [1.82, 2.24) is 5.32 Å². The van der Waals surface area contributed by atoms with Crippen LogP contribution in [0.25, 0.3) is 0 Å². The van der Waals surface area contributed by atoms with E-state index in [0.717, 1.165) is 26.2 Å². The molecule has 1 atom stereocenters. The van der Waals surface area contributed by atoms with Crippen molar-refractivity contribution in [3.63, 3.8) is 0 Å². The molecule has 6 heteroatoms. The van der Waals surface area contributed by atoms with E-state index in [2.05, 4.69) is 26.6 Å². The third-order valence-corrected chi connectivity index (χ3v) is 5.23. The lowest BCUT2D eigenvalue weighted by molar-refractivity contribution is -0.123. The maximum atomic E-state index is 12.2. The number of hydrogen-bond acceptors (Lipinski definition) is 3. The molecule has 0 radical (unpaired) electrons. The summed E-state index contributed by atoms with van der Waals surface area (Å²) in [4.78, 5) is 25.3. The molecule has 0 aliphatic carbocycles. The molecule has 1 unspecified atom stereocenters. The van der Waals surface area contributed by atoms with Crippen molar-refractivity contribution in [2.45, 2.75) is 30.9 Å². The number of rotatable bonds is 6. The summed E-state index contributed by atoms with van der Waals surface area (Å²) in [6.45, 7) is 5.66. The fourth-order valence-electron chi connectivity index (χ4n) is 2.30. The predicted octanol–water partition coefficient (Wildman–Crippen LogP) is 4.30. The average molecular weight is 421 g/mol. The van der Waals surface area contributed by atoms with E-state index < -0.39 is 0 Å².